The molecule has 0 aliphatic rings. The van der Waals surface area contributed by atoms with E-state index in [1.807, 2.05) is 0 Å². The molecular formula is C6H13NO4. The van der Waals surface area contributed by atoms with E-state index in [0.717, 1.165) is 0 Å². The van der Waals surface area contributed by atoms with Gasteiger partial charge in [0.1, 0.15) is 6.10 Å². The van der Waals surface area contributed by atoms with E-state index in [-0.39, 0.29) is 6.42 Å². The first-order valence-corrected chi connectivity index (χ1v) is 3.50. The molecule has 0 aliphatic heterocycles. The first-order valence-electron chi connectivity index (χ1n) is 3.50. The monoisotopic (exact) mass is 163 g/mol. The molecule has 0 bridgehead atoms. The number of aliphatic hydroxyl groups excluding tert-OH is 2. The number of nitrogens with zero attached hydrogens (tertiary/aromatic N) is 1. The van der Waals surface area contributed by atoms with E-state index < -0.39 is 23.2 Å². The van der Waals surface area contributed by atoms with Crippen molar-refractivity contribution in [1.82, 2.24) is 0 Å². The summed E-state index contributed by atoms with van der Waals surface area (Å²) in [6, 6.07) is -1.06. The number of hydrogen-bond acceptors (Lipinski definition) is 4. The molecule has 0 aromatic rings. The van der Waals surface area contributed by atoms with Crippen LogP contribution in [0.2, 0.25) is 0 Å². The summed E-state index contributed by atoms with van der Waals surface area (Å²) in [4.78, 5) is 9.64. The van der Waals surface area contributed by atoms with Gasteiger partial charge in [0.2, 0.25) is 6.04 Å². The van der Waals surface area contributed by atoms with Crippen molar-refractivity contribution in [3.63, 3.8) is 0 Å². The second-order valence-corrected chi connectivity index (χ2v) is 2.49. The maximum atomic E-state index is 10.2. The fourth-order valence-corrected chi connectivity index (χ4v) is 0.837. The second kappa shape index (κ2) is 4.25. The highest BCUT2D eigenvalue weighted by molar-refractivity contribution is 4.70. The van der Waals surface area contributed by atoms with Crippen LogP contribution in [-0.4, -0.2) is 33.4 Å². The summed E-state index contributed by atoms with van der Waals surface area (Å²) in [6.45, 7) is 2.93. The largest absolute Gasteiger partial charge is 0.390 e. The Bertz CT molecular complexity index is 137. The van der Waals surface area contributed by atoms with Gasteiger partial charge in [-0.2, -0.15) is 0 Å². The molecule has 0 spiro atoms. The Hall–Kier alpha value is -0.680. The van der Waals surface area contributed by atoms with Crippen molar-refractivity contribution in [3.8, 4) is 0 Å². The molecule has 5 nitrogen and oxygen atoms in total. The van der Waals surface area contributed by atoms with Crippen LogP contribution in [0.3, 0.4) is 0 Å². The molecule has 3 atom stereocenters. The molecule has 0 amide bonds. The summed E-state index contributed by atoms with van der Waals surface area (Å²) in [7, 11) is 0. The van der Waals surface area contributed by atoms with Gasteiger partial charge in [0, 0.05) is 11.3 Å². The molecular weight excluding hydrogens is 150 g/mol. The van der Waals surface area contributed by atoms with Crippen molar-refractivity contribution in [2.75, 3.05) is 0 Å². The van der Waals surface area contributed by atoms with Gasteiger partial charge >= 0.3 is 0 Å². The van der Waals surface area contributed by atoms with Gasteiger partial charge in [-0.05, 0) is 6.92 Å². The quantitative estimate of drug-likeness (QED) is 0.443. The summed E-state index contributed by atoms with van der Waals surface area (Å²) in [5.74, 6) is 0. The van der Waals surface area contributed by atoms with Gasteiger partial charge in [-0.15, -0.1) is 0 Å². The van der Waals surface area contributed by atoms with Crippen LogP contribution in [0.15, 0.2) is 0 Å². The van der Waals surface area contributed by atoms with E-state index in [0.29, 0.717) is 0 Å². The molecule has 0 aromatic carbocycles. The fourth-order valence-electron chi connectivity index (χ4n) is 0.837. The van der Waals surface area contributed by atoms with Crippen LogP contribution in [0.25, 0.3) is 0 Å². The smallest absolute Gasteiger partial charge is 0.240 e. The van der Waals surface area contributed by atoms with E-state index in [1.54, 1.807) is 6.92 Å². The Morgan fingerprint density at radius 2 is 2.00 bits per heavy atom. The average Bonchev–Trinajstić information content (AvgIpc) is 1.88. The number of hydrogen-bond donors (Lipinski definition) is 2. The Labute approximate surface area is 64.8 Å². The van der Waals surface area contributed by atoms with Crippen LogP contribution >= 0.6 is 0 Å². The van der Waals surface area contributed by atoms with E-state index in [1.165, 1.54) is 6.92 Å². The maximum Gasteiger partial charge on any atom is 0.240 e. The predicted octanol–water partition coefficient (Wildman–Crippen LogP) is -0.217. The van der Waals surface area contributed by atoms with Gasteiger partial charge in [0.05, 0.1) is 6.10 Å². The summed E-state index contributed by atoms with van der Waals surface area (Å²) in [6.07, 6.45) is -2.10. The molecule has 0 saturated carbocycles. The zero-order valence-electron chi connectivity index (χ0n) is 6.60. The highest BCUT2D eigenvalue weighted by Gasteiger charge is 2.30. The summed E-state index contributed by atoms with van der Waals surface area (Å²) in [5, 5.41) is 28.1. The van der Waals surface area contributed by atoms with Gasteiger partial charge in [0.25, 0.3) is 0 Å². The third-order valence-corrected chi connectivity index (χ3v) is 1.58. The highest BCUT2D eigenvalue weighted by Crippen LogP contribution is 2.06. The van der Waals surface area contributed by atoms with Crippen LogP contribution in [0.1, 0.15) is 20.3 Å². The van der Waals surface area contributed by atoms with Gasteiger partial charge < -0.3 is 10.2 Å². The number of nitro groups is 1. The van der Waals surface area contributed by atoms with Gasteiger partial charge in [0.15, 0.2) is 0 Å². The number of aliphatic hydroxyl groups is 2. The lowest BCUT2D eigenvalue weighted by atomic mass is 10.1. The average molecular weight is 163 g/mol. The van der Waals surface area contributed by atoms with Gasteiger partial charge in [-0.1, -0.05) is 6.92 Å². The van der Waals surface area contributed by atoms with Crippen molar-refractivity contribution in [3.05, 3.63) is 10.1 Å². The standard InChI is InChI=1S/C6H13NO4/c1-3-5(7(10)11)6(9)4(2)8/h4-6,8-9H,3H2,1-2H3. The van der Waals surface area contributed by atoms with Crippen LogP contribution in [0, 0.1) is 10.1 Å². The van der Waals surface area contributed by atoms with Crippen LogP contribution in [0.4, 0.5) is 0 Å². The molecule has 3 unspecified atom stereocenters. The Morgan fingerprint density at radius 1 is 1.55 bits per heavy atom. The van der Waals surface area contributed by atoms with Crippen molar-refractivity contribution in [2.45, 2.75) is 38.5 Å². The molecule has 11 heavy (non-hydrogen) atoms. The van der Waals surface area contributed by atoms with Crippen molar-refractivity contribution < 1.29 is 15.1 Å². The molecule has 0 fully saturated rings. The molecule has 0 heterocycles. The molecule has 0 aromatic heterocycles. The van der Waals surface area contributed by atoms with Crippen LogP contribution < -0.4 is 0 Å². The molecule has 2 N–H and O–H groups in total. The molecule has 0 radical (unpaired) electrons. The third-order valence-electron chi connectivity index (χ3n) is 1.58. The Kier molecular flexibility index (Phi) is 3.99. The fraction of sp³-hybridized carbons (Fsp3) is 1.00. The minimum Gasteiger partial charge on any atom is -0.390 e. The van der Waals surface area contributed by atoms with E-state index in [4.69, 9.17) is 10.2 Å². The minimum absolute atomic E-state index is 0.221. The number of rotatable bonds is 4. The normalized spacial score (nSPS) is 18.9. The first-order chi connectivity index (χ1) is 5.00. The highest BCUT2D eigenvalue weighted by atomic mass is 16.6. The lowest BCUT2D eigenvalue weighted by molar-refractivity contribution is -0.537. The third kappa shape index (κ3) is 2.81. The lowest BCUT2D eigenvalue weighted by Gasteiger charge is -2.16. The van der Waals surface area contributed by atoms with Gasteiger partial charge in [-0.3, -0.25) is 10.1 Å². The molecule has 5 heteroatoms. The van der Waals surface area contributed by atoms with E-state index in [9.17, 15) is 10.1 Å². The Morgan fingerprint density at radius 3 is 2.09 bits per heavy atom. The zero-order valence-corrected chi connectivity index (χ0v) is 6.60. The molecule has 0 saturated heterocycles. The van der Waals surface area contributed by atoms with Crippen molar-refractivity contribution >= 4 is 0 Å². The molecule has 0 aliphatic carbocycles. The lowest BCUT2D eigenvalue weighted by Crippen LogP contribution is -2.40. The van der Waals surface area contributed by atoms with Crippen molar-refractivity contribution in [2.24, 2.45) is 0 Å². The van der Waals surface area contributed by atoms with Crippen molar-refractivity contribution in [1.29, 1.82) is 0 Å². The van der Waals surface area contributed by atoms with Gasteiger partial charge in [-0.25, -0.2) is 0 Å². The van der Waals surface area contributed by atoms with Crippen LogP contribution in [-0.2, 0) is 0 Å². The Balaban J connectivity index is 4.14. The minimum atomic E-state index is -1.27. The zero-order chi connectivity index (χ0) is 9.02. The maximum absolute atomic E-state index is 10.2. The first kappa shape index (κ1) is 10.3. The van der Waals surface area contributed by atoms with E-state index >= 15 is 0 Å². The van der Waals surface area contributed by atoms with Crippen LogP contribution in [0.5, 0.6) is 0 Å². The second-order valence-electron chi connectivity index (χ2n) is 2.49. The van der Waals surface area contributed by atoms with E-state index in [2.05, 4.69) is 0 Å². The topological polar surface area (TPSA) is 83.6 Å². The summed E-state index contributed by atoms with van der Waals surface area (Å²) in [5.41, 5.74) is 0. The molecule has 0 rings (SSSR count). The SMILES string of the molecule is CCC(C(O)C(C)O)[N+](=O)[O-]. The summed E-state index contributed by atoms with van der Waals surface area (Å²) < 4.78 is 0. The summed E-state index contributed by atoms with van der Waals surface area (Å²) >= 11 is 0. The predicted molar refractivity (Wildman–Crippen MR) is 38.8 cm³/mol. The molecule has 66 valence electrons.